The second-order valence-electron chi connectivity index (χ2n) is 3.31. The Labute approximate surface area is 89.3 Å². The Bertz CT molecular complexity index is 520. The number of benzene rings is 2. The van der Waals surface area contributed by atoms with E-state index in [-0.39, 0.29) is 5.97 Å². The molecule has 2 nitrogen and oxygen atoms in total. The van der Waals surface area contributed by atoms with Crippen LogP contribution in [0.2, 0.25) is 0 Å². The minimum Gasteiger partial charge on any atom is -0.465 e. The molecule has 0 aliphatic rings. The largest absolute Gasteiger partial charge is 0.465 e. The first kappa shape index (κ1) is 9.78. The molecule has 0 spiro atoms. The molecule has 2 aromatic rings. The third-order valence-electron chi connectivity index (χ3n) is 2.29. The van der Waals surface area contributed by atoms with Crippen LogP contribution in [0.1, 0.15) is 10.4 Å². The highest BCUT2D eigenvalue weighted by molar-refractivity contribution is 6.33. The van der Waals surface area contributed by atoms with Crippen molar-refractivity contribution in [2.24, 2.45) is 0 Å². The maximum Gasteiger partial charge on any atom is 0.337 e. The molecule has 15 heavy (non-hydrogen) atoms. The standard InChI is InChI=1S/C12H9BO2/c1-15-12(14)10-3-2-9-7-11(13)5-4-8(9)6-10/h2-7H,1H3. The van der Waals surface area contributed by atoms with Gasteiger partial charge in [-0.1, -0.05) is 29.7 Å². The van der Waals surface area contributed by atoms with E-state index in [0.717, 1.165) is 10.8 Å². The SMILES string of the molecule is [B]c1ccc2cc(C(=O)OC)ccc2c1. The summed E-state index contributed by atoms with van der Waals surface area (Å²) in [5.74, 6) is -0.325. The zero-order valence-electron chi connectivity index (χ0n) is 8.36. The summed E-state index contributed by atoms with van der Waals surface area (Å²) in [6.45, 7) is 0. The normalized spacial score (nSPS) is 10.2. The Balaban J connectivity index is 2.57. The number of esters is 1. The smallest absolute Gasteiger partial charge is 0.337 e. The third-order valence-corrected chi connectivity index (χ3v) is 2.29. The number of rotatable bonds is 1. The van der Waals surface area contributed by atoms with E-state index in [4.69, 9.17) is 7.85 Å². The van der Waals surface area contributed by atoms with Crippen molar-refractivity contribution in [2.75, 3.05) is 7.11 Å². The van der Waals surface area contributed by atoms with E-state index in [9.17, 15) is 4.79 Å². The van der Waals surface area contributed by atoms with Crippen LogP contribution in [0.3, 0.4) is 0 Å². The second kappa shape index (κ2) is 3.77. The predicted molar refractivity (Wildman–Crippen MR) is 60.7 cm³/mol. The van der Waals surface area contributed by atoms with Crippen molar-refractivity contribution in [1.29, 1.82) is 0 Å². The van der Waals surface area contributed by atoms with Gasteiger partial charge in [0, 0.05) is 0 Å². The van der Waals surface area contributed by atoms with Gasteiger partial charge < -0.3 is 4.74 Å². The summed E-state index contributed by atoms with van der Waals surface area (Å²) in [7, 11) is 7.03. The molecule has 0 amide bonds. The van der Waals surface area contributed by atoms with Crippen LogP contribution in [0.4, 0.5) is 0 Å². The molecule has 0 aliphatic heterocycles. The molecule has 3 heteroatoms. The van der Waals surface area contributed by atoms with Gasteiger partial charge in [-0.05, 0) is 22.9 Å². The summed E-state index contributed by atoms with van der Waals surface area (Å²) in [6.07, 6.45) is 0. The summed E-state index contributed by atoms with van der Waals surface area (Å²) in [4.78, 5) is 11.3. The van der Waals surface area contributed by atoms with Crippen LogP contribution < -0.4 is 5.46 Å². The van der Waals surface area contributed by atoms with E-state index < -0.39 is 0 Å². The van der Waals surface area contributed by atoms with Gasteiger partial charge in [-0.25, -0.2) is 4.79 Å². The highest BCUT2D eigenvalue weighted by atomic mass is 16.5. The number of carbonyl (C=O) groups is 1. The topological polar surface area (TPSA) is 26.3 Å². The Morgan fingerprint density at radius 2 is 1.80 bits per heavy atom. The van der Waals surface area contributed by atoms with E-state index in [1.807, 2.05) is 24.3 Å². The maximum absolute atomic E-state index is 11.3. The number of fused-ring (bicyclic) bond motifs is 1. The Morgan fingerprint density at radius 3 is 2.53 bits per heavy atom. The molecule has 0 saturated carbocycles. The minimum atomic E-state index is -0.325. The summed E-state index contributed by atoms with van der Waals surface area (Å²) in [5, 5.41) is 2.00. The lowest BCUT2D eigenvalue weighted by atomic mass is 9.93. The number of ether oxygens (including phenoxy) is 1. The van der Waals surface area contributed by atoms with Crippen LogP contribution in [-0.2, 0) is 4.74 Å². The fourth-order valence-corrected chi connectivity index (χ4v) is 1.51. The van der Waals surface area contributed by atoms with Gasteiger partial charge in [0.15, 0.2) is 0 Å². The lowest BCUT2D eigenvalue weighted by molar-refractivity contribution is 0.0601. The molecule has 0 saturated heterocycles. The van der Waals surface area contributed by atoms with E-state index >= 15 is 0 Å². The van der Waals surface area contributed by atoms with Crippen molar-refractivity contribution in [3.05, 3.63) is 42.0 Å². The van der Waals surface area contributed by atoms with Gasteiger partial charge in [0.25, 0.3) is 0 Å². The second-order valence-corrected chi connectivity index (χ2v) is 3.31. The molecule has 72 valence electrons. The average molecular weight is 196 g/mol. The lowest BCUT2D eigenvalue weighted by Gasteiger charge is -2.02. The van der Waals surface area contributed by atoms with Crippen molar-refractivity contribution >= 4 is 30.1 Å². The van der Waals surface area contributed by atoms with Crippen molar-refractivity contribution < 1.29 is 9.53 Å². The van der Waals surface area contributed by atoms with E-state index in [1.54, 1.807) is 12.1 Å². The Morgan fingerprint density at radius 1 is 1.13 bits per heavy atom. The highest BCUT2D eigenvalue weighted by Gasteiger charge is 2.05. The molecule has 0 unspecified atom stereocenters. The summed E-state index contributed by atoms with van der Waals surface area (Å²) >= 11 is 0. The van der Waals surface area contributed by atoms with Crippen LogP contribution >= 0.6 is 0 Å². The van der Waals surface area contributed by atoms with Gasteiger partial charge in [-0.3, -0.25) is 0 Å². The number of hydrogen-bond donors (Lipinski definition) is 0. The van der Waals surface area contributed by atoms with E-state index in [2.05, 4.69) is 4.74 Å². The molecule has 0 N–H and O–H groups in total. The van der Waals surface area contributed by atoms with Crippen LogP contribution in [0.15, 0.2) is 36.4 Å². The molecule has 0 atom stereocenters. The molecule has 2 aromatic carbocycles. The lowest BCUT2D eigenvalue weighted by Crippen LogP contribution is -2.02. The summed E-state index contributed by atoms with van der Waals surface area (Å²) in [5.41, 5.74) is 1.27. The van der Waals surface area contributed by atoms with Crippen LogP contribution in [0.5, 0.6) is 0 Å². The van der Waals surface area contributed by atoms with Gasteiger partial charge in [0.2, 0.25) is 0 Å². The maximum atomic E-state index is 11.3. The zero-order chi connectivity index (χ0) is 10.8. The minimum absolute atomic E-state index is 0.325. The van der Waals surface area contributed by atoms with E-state index in [0.29, 0.717) is 11.0 Å². The third kappa shape index (κ3) is 1.86. The summed E-state index contributed by atoms with van der Waals surface area (Å²) in [6, 6.07) is 10.9. The first-order valence-electron chi connectivity index (χ1n) is 4.58. The van der Waals surface area contributed by atoms with Crippen LogP contribution in [-0.4, -0.2) is 20.9 Å². The molecular formula is C12H9BO2. The molecule has 0 aromatic heterocycles. The number of hydrogen-bond acceptors (Lipinski definition) is 2. The molecule has 2 radical (unpaired) electrons. The van der Waals surface area contributed by atoms with Gasteiger partial charge in [-0.2, -0.15) is 0 Å². The van der Waals surface area contributed by atoms with Crippen molar-refractivity contribution in [3.8, 4) is 0 Å². The molecule has 0 fully saturated rings. The molecular weight excluding hydrogens is 187 g/mol. The zero-order valence-corrected chi connectivity index (χ0v) is 8.36. The average Bonchev–Trinajstić information content (AvgIpc) is 2.27. The quantitative estimate of drug-likeness (QED) is 0.509. The van der Waals surface area contributed by atoms with Crippen LogP contribution in [0, 0.1) is 0 Å². The first-order valence-corrected chi connectivity index (χ1v) is 4.58. The molecule has 2 rings (SSSR count). The molecule has 0 bridgehead atoms. The first-order chi connectivity index (χ1) is 7.20. The van der Waals surface area contributed by atoms with Gasteiger partial charge in [-0.15, -0.1) is 0 Å². The monoisotopic (exact) mass is 196 g/mol. The van der Waals surface area contributed by atoms with Crippen LogP contribution in [0.25, 0.3) is 10.8 Å². The Hall–Kier alpha value is -1.77. The van der Waals surface area contributed by atoms with Gasteiger partial charge >= 0.3 is 5.97 Å². The Kier molecular flexibility index (Phi) is 2.46. The van der Waals surface area contributed by atoms with E-state index in [1.165, 1.54) is 7.11 Å². The summed E-state index contributed by atoms with van der Waals surface area (Å²) < 4.78 is 4.65. The van der Waals surface area contributed by atoms with Gasteiger partial charge in [0.1, 0.15) is 7.85 Å². The van der Waals surface area contributed by atoms with Gasteiger partial charge in [0.05, 0.1) is 12.7 Å². The predicted octanol–water partition coefficient (Wildman–Crippen LogP) is 1.42. The fourth-order valence-electron chi connectivity index (χ4n) is 1.51. The molecule has 0 aliphatic carbocycles. The number of carbonyl (C=O) groups excluding carboxylic acids is 1. The highest BCUT2D eigenvalue weighted by Crippen LogP contribution is 2.15. The fraction of sp³-hybridized carbons (Fsp3) is 0.0833. The number of methoxy groups -OCH3 is 1. The molecule has 0 heterocycles. The van der Waals surface area contributed by atoms with Crippen molar-refractivity contribution in [2.45, 2.75) is 0 Å². The van der Waals surface area contributed by atoms with Crippen molar-refractivity contribution in [1.82, 2.24) is 0 Å². The van der Waals surface area contributed by atoms with Crippen molar-refractivity contribution in [3.63, 3.8) is 0 Å².